The molecule has 0 aromatic heterocycles. The molecule has 0 radical (unpaired) electrons. The zero-order valence-corrected chi connectivity index (χ0v) is 16.3. The molecule has 2 fully saturated rings. The van der Waals surface area contributed by atoms with Crippen LogP contribution < -0.4 is 10.9 Å². The third-order valence-electron chi connectivity index (χ3n) is 6.30. The van der Waals surface area contributed by atoms with E-state index in [0.717, 1.165) is 25.9 Å². The van der Waals surface area contributed by atoms with Crippen LogP contribution in [0.2, 0.25) is 0 Å². The van der Waals surface area contributed by atoms with Gasteiger partial charge in [-0.05, 0) is 31.0 Å². The largest absolute Gasteiger partial charge is 0.347 e. The lowest BCUT2D eigenvalue weighted by atomic mass is 9.86. The van der Waals surface area contributed by atoms with E-state index in [9.17, 15) is 9.59 Å². The van der Waals surface area contributed by atoms with Gasteiger partial charge in [0, 0.05) is 45.7 Å². The highest BCUT2D eigenvalue weighted by Gasteiger charge is 2.45. The first-order valence-corrected chi connectivity index (χ1v) is 9.73. The highest BCUT2D eigenvalue weighted by molar-refractivity contribution is 5.84. The molecule has 3 heterocycles. The second-order valence-corrected chi connectivity index (χ2v) is 8.25. The summed E-state index contributed by atoms with van der Waals surface area (Å²) >= 11 is 0. The van der Waals surface area contributed by atoms with Gasteiger partial charge in [0.05, 0.1) is 6.04 Å². The van der Waals surface area contributed by atoms with Crippen LogP contribution in [-0.4, -0.2) is 78.9 Å². The summed E-state index contributed by atoms with van der Waals surface area (Å²) in [5, 5.41) is 0. The summed E-state index contributed by atoms with van der Waals surface area (Å²) in [6.07, 6.45) is 1.63. The second kappa shape index (κ2) is 7.22. The van der Waals surface area contributed by atoms with E-state index in [1.165, 1.54) is 11.1 Å². The van der Waals surface area contributed by atoms with Gasteiger partial charge in [-0.1, -0.05) is 24.3 Å². The Hall–Kier alpha value is -1.96. The van der Waals surface area contributed by atoms with Crippen LogP contribution >= 0.6 is 0 Å². The summed E-state index contributed by atoms with van der Waals surface area (Å²) in [5.41, 5.74) is 8.99. The minimum Gasteiger partial charge on any atom is -0.347 e. The number of nitrogens with zero attached hydrogens (tertiary/aromatic N) is 3. The van der Waals surface area contributed by atoms with Crippen molar-refractivity contribution in [2.75, 3.05) is 34.2 Å². The highest BCUT2D eigenvalue weighted by Crippen LogP contribution is 2.28. The van der Waals surface area contributed by atoms with Crippen molar-refractivity contribution >= 4 is 11.8 Å². The fraction of sp³-hybridized carbons (Fsp3) is 0.600. The predicted molar refractivity (Wildman–Crippen MR) is 103 cm³/mol. The van der Waals surface area contributed by atoms with Crippen LogP contribution in [-0.2, 0) is 22.6 Å². The van der Waals surface area contributed by atoms with E-state index in [0.29, 0.717) is 6.54 Å². The van der Waals surface area contributed by atoms with Gasteiger partial charge in [-0.15, -0.1) is 0 Å². The van der Waals surface area contributed by atoms with Crippen LogP contribution in [0.25, 0.3) is 0 Å². The summed E-state index contributed by atoms with van der Waals surface area (Å²) in [6.45, 7) is 2.17. The van der Waals surface area contributed by atoms with E-state index in [-0.39, 0.29) is 35.9 Å². The predicted octanol–water partition coefficient (Wildman–Crippen LogP) is -0.175. The Labute approximate surface area is 160 Å². The second-order valence-electron chi connectivity index (χ2n) is 8.25. The first kappa shape index (κ1) is 18.4. The molecule has 4 unspecified atom stereocenters. The Kier molecular flexibility index (Phi) is 4.92. The summed E-state index contributed by atoms with van der Waals surface area (Å²) < 4.78 is 0. The number of benzene rings is 1. The number of hydrazine groups is 1. The Morgan fingerprint density at radius 1 is 1.15 bits per heavy atom. The molecule has 2 amide bonds. The minimum atomic E-state index is -0.273. The van der Waals surface area contributed by atoms with Gasteiger partial charge in [-0.2, -0.15) is 0 Å². The molecule has 3 aliphatic rings. The third kappa shape index (κ3) is 3.35. The van der Waals surface area contributed by atoms with Crippen LogP contribution in [0.3, 0.4) is 0 Å². The van der Waals surface area contributed by atoms with E-state index < -0.39 is 0 Å². The average Bonchev–Trinajstić information content (AvgIpc) is 3.09. The molecule has 4 atom stereocenters. The van der Waals surface area contributed by atoms with E-state index in [2.05, 4.69) is 34.0 Å². The molecule has 27 heavy (non-hydrogen) atoms. The van der Waals surface area contributed by atoms with Gasteiger partial charge in [0.1, 0.15) is 6.04 Å². The van der Waals surface area contributed by atoms with Gasteiger partial charge < -0.3 is 9.80 Å². The monoisotopic (exact) mass is 371 g/mol. The van der Waals surface area contributed by atoms with Crippen molar-refractivity contribution in [1.82, 2.24) is 25.6 Å². The maximum absolute atomic E-state index is 13.3. The van der Waals surface area contributed by atoms with Gasteiger partial charge >= 0.3 is 0 Å². The molecule has 0 bridgehead atoms. The Bertz CT molecular complexity index is 737. The molecule has 4 rings (SSSR count). The van der Waals surface area contributed by atoms with Gasteiger partial charge in [-0.25, -0.2) is 5.43 Å². The van der Waals surface area contributed by atoms with E-state index in [4.69, 9.17) is 0 Å². The number of likely N-dealkylation sites (N-methyl/N-ethyl adjacent to an activating group) is 2. The number of fused-ring (bicyclic) bond motifs is 2. The molecule has 146 valence electrons. The molecule has 1 aromatic rings. The number of hydrogen-bond donors (Lipinski definition) is 2. The molecule has 1 aromatic carbocycles. The highest BCUT2D eigenvalue weighted by atomic mass is 16.2. The van der Waals surface area contributed by atoms with Crippen LogP contribution in [0, 0.1) is 5.92 Å². The molecule has 0 spiro atoms. The van der Waals surface area contributed by atoms with Crippen molar-refractivity contribution in [3.63, 3.8) is 0 Å². The zero-order chi connectivity index (χ0) is 19.1. The van der Waals surface area contributed by atoms with E-state index >= 15 is 0 Å². The van der Waals surface area contributed by atoms with Crippen LogP contribution in [0.15, 0.2) is 24.3 Å². The molecule has 0 aliphatic carbocycles. The molecule has 7 heteroatoms. The lowest BCUT2D eigenvalue weighted by Gasteiger charge is -2.41. The van der Waals surface area contributed by atoms with Gasteiger partial charge in [0.25, 0.3) is 0 Å². The summed E-state index contributed by atoms with van der Waals surface area (Å²) in [6, 6.07) is 8.23. The number of carbonyl (C=O) groups excluding carboxylic acids is 2. The topological polar surface area (TPSA) is 67.9 Å². The van der Waals surface area contributed by atoms with Crippen molar-refractivity contribution in [1.29, 1.82) is 0 Å². The van der Waals surface area contributed by atoms with Crippen LogP contribution in [0.5, 0.6) is 0 Å². The quantitative estimate of drug-likeness (QED) is 0.755. The zero-order valence-electron chi connectivity index (χ0n) is 16.3. The van der Waals surface area contributed by atoms with E-state index in [1.807, 2.05) is 18.0 Å². The molecular weight excluding hydrogens is 342 g/mol. The van der Waals surface area contributed by atoms with Crippen molar-refractivity contribution in [2.45, 2.75) is 37.5 Å². The maximum atomic E-state index is 13.3. The lowest BCUT2D eigenvalue weighted by Crippen LogP contribution is -2.56. The molecule has 2 N–H and O–H groups in total. The molecule has 0 saturated carbocycles. The summed E-state index contributed by atoms with van der Waals surface area (Å²) in [7, 11) is 5.58. The third-order valence-corrected chi connectivity index (χ3v) is 6.30. The Morgan fingerprint density at radius 3 is 2.63 bits per heavy atom. The number of hydrogen-bond acceptors (Lipinski definition) is 5. The van der Waals surface area contributed by atoms with Crippen molar-refractivity contribution in [3.8, 4) is 0 Å². The van der Waals surface area contributed by atoms with Crippen molar-refractivity contribution < 1.29 is 9.59 Å². The summed E-state index contributed by atoms with van der Waals surface area (Å²) in [5.74, 6) is 0.361. The van der Waals surface area contributed by atoms with Gasteiger partial charge in [0.2, 0.25) is 11.8 Å². The number of amides is 2. The minimum absolute atomic E-state index is 0.0630. The smallest absolute Gasteiger partial charge is 0.240 e. The first-order chi connectivity index (χ1) is 13.0. The fourth-order valence-electron chi connectivity index (χ4n) is 4.67. The van der Waals surface area contributed by atoms with Gasteiger partial charge in [-0.3, -0.25) is 19.9 Å². The average molecular weight is 371 g/mol. The first-order valence-electron chi connectivity index (χ1n) is 9.73. The number of piperidine rings is 1. The normalized spacial score (nSPS) is 30.6. The number of nitrogens with one attached hydrogen (secondary N) is 2. The van der Waals surface area contributed by atoms with E-state index in [1.54, 1.807) is 19.0 Å². The standard InChI is InChI=1S/C20H29N5O2/c1-23(2)20(27)18-15-12-25(9-8-16(15)21-22-18)19(26)17-10-13-6-4-5-7-14(13)11-24(17)3/h4-7,15-18,21-22H,8-12H2,1-3H3. The van der Waals surface area contributed by atoms with Crippen molar-refractivity contribution in [3.05, 3.63) is 35.4 Å². The lowest BCUT2D eigenvalue weighted by molar-refractivity contribution is -0.140. The molecule has 7 nitrogen and oxygen atoms in total. The SMILES string of the molecule is CN(C)C(=O)C1NNC2CCN(C(=O)C3Cc4ccccc4CN3C)CC21. The molecular formula is C20H29N5O2. The fourth-order valence-corrected chi connectivity index (χ4v) is 4.67. The Morgan fingerprint density at radius 2 is 1.89 bits per heavy atom. The summed E-state index contributed by atoms with van der Waals surface area (Å²) in [4.78, 5) is 31.5. The van der Waals surface area contributed by atoms with Crippen molar-refractivity contribution in [2.24, 2.45) is 5.92 Å². The Balaban J connectivity index is 1.48. The maximum Gasteiger partial charge on any atom is 0.240 e. The molecule has 2 saturated heterocycles. The number of likely N-dealkylation sites (tertiary alicyclic amines) is 1. The number of rotatable bonds is 2. The van der Waals surface area contributed by atoms with Gasteiger partial charge in [0.15, 0.2) is 0 Å². The van der Waals surface area contributed by atoms with Crippen LogP contribution in [0.1, 0.15) is 17.5 Å². The number of carbonyl (C=O) groups is 2. The molecule has 3 aliphatic heterocycles. The van der Waals surface area contributed by atoms with Crippen LogP contribution in [0.4, 0.5) is 0 Å².